The van der Waals surface area contributed by atoms with E-state index in [0.717, 1.165) is 0 Å². The zero-order valence-corrected chi connectivity index (χ0v) is 9.91. The molecule has 1 aromatic heterocycles. The van der Waals surface area contributed by atoms with Crippen LogP contribution >= 0.6 is 0 Å². The molecule has 0 aromatic carbocycles. The number of aliphatic hydroxyl groups excluding tert-OH is 1. The molecule has 18 heavy (non-hydrogen) atoms. The summed E-state index contributed by atoms with van der Waals surface area (Å²) < 4.78 is 4.80. The SMILES string of the molecule is CCOC(=O)C(/C=N/c1ncccn1)=C(/N)CO. The summed E-state index contributed by atoms with van der Waals surface area (Å²) >= 11 is 0. The smallest absolute Gasteiger partial charge is 0.341 e. The Balaban J connectivity index is 2.93. The molecule has 0 aliphatic rings. The van der Waals surface area contributed by atoms with Crippen molar-refractivity contribution in [3.05, 3.63) is 29.7 Å². The van der Waals surface area contributed by atoms with Gasteiger partial charge in [-0.15, -0.1) is 0 Å². The third kappa shape index (κ3) is 3.95. The minimum absolute atomic E-state index is 0.00759. The number of hydrogen-bond donors (Lipinski definition) is 2. The van der Waals surface area contributed by atoms with E-state index in [1.165, 1.54) is 18.6 Å². The Bertz CT molecular complexity index is 457. The lowest BCUT2D eigenvalue weighted by Gasteiger charge is -2.04. The van der Waals surface area contributed by atoms with E-state index in [9.17, 15) is 4.79 Å². The number of aromatic nitrogens is 2. The van der Waals surface area contributed by atoms with Crippen molar-refractivity contribution in [1.29, 1.82) is 0 Å². The van der Waals surface area contributed by atoms with E-state index >= 15 is 0 Å². The van der Waals surface area contributed by atoms with Crippen LogP contribution < -0.4 is 5.73 Å². The van der Waals surface area contributed by atoms with Crippen LogP contribution in [0.25, 0.3) is 0 Å². The number of nitrogens with two attached hydrogens (primary N) is 1. The molecule has 7 nitrogen and oxygen atoms in total. The van der Waals surface area contributed by atoms with Gasteiger partial charge in [-0.2, -0.15) is 0 Å². The van der Waals surface area contributed by atoms with Gasteiger partial charge in [0.25, 0.3) is 0 Å². The van der Waals surface area contributed by atoms with E-state index in [2.05, 4.69) is 15.0 Å². The molecule has 1 rings (SSSR count). The van der Waals surface area contributed by atoms with Gasteiger partial charge in [0, 0.05) is 18.6 Å². The predicted octanol–water partition coefficient (Wildman–Crippen LogP) is -0.0529. The van der Waals surface area contributed by atoms with Gasteiger partial charge in [0.05, 0.1) is 24.5 Å². The Labute approximate surface area is 104 Å². The van der Waals surface area contributed by atoms with Gasteiger partial charge < -0.3 is 15.6 Å². The summed E-state index contributed by atoms with van der Waals surface area (Å²) in [6, 6.07) is 1.64. The maximum Gasteiger partial charge on any atom is 0.341 e. The lowest BCUT2D eigenvalue weighted by Crippen LogP contribution is -2.17. The van der Waals surface area contributed by atoms with Crippen molar-refractivity contribution in [1.82, 2.24) is 9.97 Å². The Morgan fingerprint density at radius 1 is 1.56 bits per heavy atom. The van der Waals surface area contributed by atoms with Crippen LogP contribution in [0.15, 0.2) is 34.7 Å². The topological polar surface area (TPSA) is 111 Å². The minimum Gasteiger partial charge on any atom is -0.462 e. The normalized spacial score (nSPS) is 12.3. The Morgan fingerprint density at radius 2 is 2.22 bits per heavy atom. The summed E-state index contributed by atoms with van der Waals surface area (Å²) in [5.74, 6) is -0.464. The van der Waals surface area contributed by atoms with Crippen molar-refractivity contribution in [2.45, 2.75) is 6.92 Å². The van der Waals surface area contributed by atoms with E-state index < -0.39 is 12.6 Å². The Kier molecular flexibility index (Phi) is 5.46. The number of carbonyl (C=O) groups is 1. The van der Waals surface area contributed by atoms with Crippen LogP contribution in [0.5, 0.6) is 0 Å². The molecule has 1 aromatic rings. The monoisotopic (exact) mass is 250 g/mol. The standard InChI is InChI=1S/C11H14N4O3/c1-2-18-10(17)8(9(12)7-16)6-15-11-13-4-3-5-14-11/h3-6,16H,2,7,12H2,1H3/b9-8+,15-6+. The summed E-state index contributed by atoms with van der Waals surface area (Å²) in [6.07, 6.45) is 4.21. The van der Waals surface area contributed by atoms with Gasteiger partial charge >= 0.3 is 5.97 Å². The highest BCUT2D eigenvalue weighted by molar-refractivity contribution is 6.10. The Hall–Kier alpha value is -2.28. The Morgan fingerprint density at radius 3 is 2.78 bits per heavy atom. The largest absolute Gasteiger partial charge is 0.462 e. The average molecular weight is 250 g/mol. The van der Waals surface area contributed by atoms with E-state index in [-0.39, 0.29) is 23.8 Å². The van der Waals surface area contributed by atoms with Gasteiger partial charge in [0.15, 0.2) is 0 Å². The number of carbonyl (C=O) groups excluding carboxylic acids is 1. The predicted molar refractivity (Wildman–Crippen MR) is 65.1 cm³/mol. The van der Waals surface area contributed by atoms with Gasteiger partial charge in [0.1, 0.15) is 0 Å². The fourth-order valence-corrected chi connectivity index (χ4v) is 1.04. The summed E-state index contributed by atoms with van der Waals surface area (Å²) in [6.45, 7) is 1.41. The van der Waals surface area contributed by atoms with Gasteiger partial charge in [0.2, 0.25) is 5.95 Å². The first kappa shape index (κ1) is 13.8. The van der Waals surface area contributed by atoms with Crippen LogP contribution in [0.2, 0.25) is 0 Å². The zero-order valence-electron chi connectivity index (χ0n) is 9.91. The van der Waals surface area contributed by atoms with Crippen LogP contribution in [-0.4, -0.2) is 40.5 Å². The molecule has 0 amide bonds. The molecule has 0 atom stereocenters. The highest BCUT2D eigenvalue weighted by atomic mass is 16.5. The molecular weight excluding hydrogens is 236 g/mol. The second kappa shape index (κ2) is 7.13. The molecule has 0 saturated heterocycles. The van der Waals surface area contributed by atoms with Crippen molar-refractivity contribution in [2.24, 2.45) is 10.7 Å². The van der Waals surface area contributed by atoms with Crippen LogP contribution in [0.1, 0.15) is 6.92 Å². The maximum absolute atomic E-state index is 11.6. The molecule has 0 fully saturated rings. The van der Waals surface area contributed by atoms with Crippen LogP contribution in [-0.2, 0) is 9.53 Å². The molecule has 3 N–H and O–H groups in total. The second-order valence-corrected chi connectivity index (χ2v) is 3.12. The lowest BCUT2D eigenvalue weighted by atomic mass is 10.2. The summed E-state index contributed by atoms with van der Waals surface area (Å²) in [5.41, 5.74) is 5.48. The van der Waals surface area contributed by atoms with E-state index in [1.54, 1.807) is 13.0 Å². The van der Waals surface area contributed by atoms with E-state index in [1.807, 2.05) is 0 Å². The summed E-state index contributed by atoms with van der Waals surface area (Å²) in [4.78, 5) is 23.2. The molecule has 0 bridgehead atoms. The summed E-state index contributed by atoms with van der Waals surface area (Å²) in [5, 5.41) is 8.94. The molecule has 0 spiro atoms. The van der Waals surface area contributed by atoms with Crippen molar-refractivity contribution < 1.29 is 14.6 Å². The van der Waals surface area contributed by atoms with E-state index in [4.69, 9.17) is 15.6 Å². The number of aliphatic hydroxyl groups is 1. The fraction of sp³-hybridized carbons (Fsp3) is 0.273. The molecule has 0 radical (unpaired) electrons. The molecular formula is C11H14N4O3. The lowest BCUT2D eigenvalue weighted by molar-refractivity contribution is -0.137. The van der Waals surface area contributed by atoms with Gasteiger partial charge in [-0.3, -0.25) is 0 Å². The van der Waals surface area contributed by atoms with Gasteiger partial charge in [-0.25, -0.2) is 19.8 Å². The molecule has 1 heterocycles. The highest BCUT2D eigenvalue weighted by Gasteiger charge is 2.12. The first-order chi connectivity index (χ1) is 8.69. The zero-order chi connectivity index (χ0) is 13.4. The molecule has 7 heteroatoms. The minimum atomic E-state index is -0.649. The third-order valence-corrected chi connectivity index (χ3v) is 1.87. The number of hydrogen-bond acceptors (Lipinski definition) is 7. The van der Waals surface area contributed by atoms with Crippen molar-refractivity contribution in [3.63, 3.8) is 0 Å². The van der Waals surface area contributed by atoms with Gasteiger partial charge in [-0.05, 0) is 13.0 Å². The maximum atomic E-state index is 11.6. The van der Waals surface area contributed by atoms with Crippen molar-refractivity contribution in [2.75, 3.05) is 13.2 Å². The van der Waals surface area contributed by atoms with Crippen LogP contribution in [0.4, 0.5) is 5.95 Å². The van der Waals surface area contributed by atoms with Crippen molar-refractivity contribution >= 4 is 18.1 Å². The average Bonchev–Trinajstić information content (AvgIpc) is 2.40. The number of rotatable bonds is 5. The molecule has 0 saturated carbocycles. The molecule has 0 aliphatic heterocycles. The molecule has 96 valence electrons. The van der Waals surface area contributed by atoms with Gasteiger partial charge in [-0.1, -0.05) is 0 Å². The molecule has 0 unspecified atom stereocenters. The van der Waals surface area contributed by atoms with Crippen LogP contribution in [0, 0.1) is 0 Å². The number of ether oxygens (including phenoxy) is 1. The quantitative estimate of drug-likeness (QED) is 0.430. The highest BCUT2D eigenvalue weighted by Crippen LogP contribution is 2.04. The van der Waals surface area contributed by atoms with Crippen molar-refractivity contribution in [3.8, 4) is 0 Å². The third-order valence-electron chi connectivity index (χ3n) is 1.87. The number of esters is 1. The first-order valence-corrected chi connectivity index (χ1v) is 5.26. The molecule has 0 aliphatic carbocycles. The second-order valence-electron chi connectivity index (χ2n) is 3.12. The van der Waals surface area contributed by atoms with Crippen LogP contribution in [0.3, 0.4) is 0 Å². The summed E-state index contributed by atoms with van der Waals surface area (Å²) in [7, 11) is 0. The number of nitrogens with zero attached hydrogens (tertiary/aromatic N) is 3. The fourth-order valence-electron chi connectivity index (χ4n) is 1.04. The van der Waals surface area contributed by atoms with E-state index in [0.29, 0.717) is 0 Å². The first-order valence-electron chi connectivity index (χ1n) is 5.26. The number of aliphatic imine (C=N–C) groups is 1.